The van der Waals surface area contributed by atoms with Crippen molar-refractivity contribution in [2.75, 3.05) is 0 Å². The van der Waals surface area contributed by atoms with E-state index in [1.54, 1.807) is 30.4 Å². The summed E-state index contributed by atoms with van der Waals surface area (Å²) >= 11 is 7.50. The number of amides is 1. The fourth-order valence-electron chi connectivity index (χ4n) is 1.57. The molecule has 0 saturated carbocycles. The van der Waals surface area contributed by atoms with Crippen molar-refractivity contribution in [2.24, 2.45) is 0 Å². The third-order valence-corrected chi connectivity index (χ3v) is 3.83. The molecule has 0 fully saturated rings. The van der Waals surface area contributed by atoms with Gasteiger partial charge in [0.05, 0.1) is 11.4 Å². The molecule has 0 saturated heterocycles. The van der Waals surface area contributed by atoms with Crippen LogP contribution in [0, 0.1) is 0 Å². The molecule has 1 N–H and O–H groups in total. The Morgan fingerprint density at radius 2 is 2.17 bits per heavy atom. The van der Waals surface area contributed by atoms with Crippen molar-refractivity contribution in [2.45, 2.75) is 25.3 Å². The zero-order chi connectivity index (χ0) is 13.1. The summed E-state index contributed by atoms with van der Waals surface area (Å²) in [5, 5.41) is 4.63. The summed E-state index contributed by atoms with van der Waals surface area (Å²) in [5.74, 6) is 0.672. The summed E-state index contributed by atoms with van der Waals surface area (Å²) in [6.07, 6.45) is 0. The van der Waals surface area contributed by atoms with Crippen LogP contribution in [-0.2, 0) is 0 Å². The number of alkyl halides is 1. The molecule has 1 amide bonds. The summed E-state index contributed by atoms with van der Waals surface area (Å²) < 4.78 is 5.38. The smallest absolute Gasteiger partial charge is 0.287 e. The van der Waals surface area contributed by atoms with Gasteiger partial charge in [0.15, 0.2) is 5.76 Å². The first-order valence-electron chi connectivity index (χ1n) is 5.66. The second-order valence-electron chi connectivity index (χ2n) is 4.03. The Balaban J connectivity index is 2.03. The van der Waals surface area contributed by atoms with Crippen molar-refractivity contribution in [3.8, 4) is 0 Å². The Kier molecular flexibility index (Phi) is 4.09. The molecule has 0 aliphatic rings. The zero-order valence-electron chi connectivity index (χ0n) is 10.1. The van der Waals surface area contributed by atoms with Gasteiger partial charge in [-0.25, -0.2) is 0 Å². The van der Waals surface area contributed by atoms with Crippen LogP contribution in [0.2, 0.25) is 0 Å². The molecule has 2 aromatic heterocycles. The SMILES string of the molecule is CC(Cl)c1ccc(C(=O)NC(C)c2cccs2)o1. The largest absolute Gasteiger partial charge is 0.454 e. The molecule has 2 aromatic rings. The minimum atomic E-state index is -0.235. The fourth-order valence-corrected chi connectivity index (χ4v) is 2.42. The molecule has 0 bridgehead atoms. The summed E-state index contributed by atoms with van der Waals surface area (Å²) in [4.78, 5) is 13.1. The number of hydrogen-bond donors (Lipinski definition) is 1. The topological polar surface area (TPSA) is 42.2 Å². The Labute approximate surface area is 115 Å². The maximum atomic E-state index is 11.9. The lowest BCUT2D eigenvalue weighted by atomic mass is 10.2. The van der Waals surface area contributed by atoms with Gasteiger partial charge < -0.3 is 9.73 Å². The molecule has 18 heavy (non-hydrogen) atoms. The number of nitrogens with one attached hydrogen (secondary N) is 1. The number of hydrogen-bond acceptors (Lipinski definition) is 3. The average molecular weight is 284 g/mol. The number of rotatable bonds is 4. The highest BCUT2D eigenvalue weighted by Gasteiger charge is 2.16. The molecule has 0 aliphatic heterocycles. The third-order valence-electron chi connectivity index (χ3n) is 2.56. The molecule has 2 unspecified atom stereocenters. The number of halogens is 1. The highest BCUT2D eigenvalue weighted by molar-refractivity contribution is 7.10. The van der Waals surface area contributed by atoms with Crippen molar-refractivity contribution in [1.29, 1.82) is 0 Å². The normalized spacial score (nSPS) is 14.2. The van der Waals surface area contributed by atoms with Crippen molar-refractivity contribution in [3.05, 3.63) is 46.0 Å². The Hall–Kier alpha value is -1.26. The van der Waals surface area contributed by atoms with E-state index in [-0.39, 0.29) is 17.3 Å². The minimum Gasteiger partial charge on any atom is -0.454 e. The molecule has 2 rings (SSSR count). The first kappa shape index (κ1) is 13.2. The summed E-state index contributed by atoms with van der Waals surface area (Å²) in [7, 11) is 0. The van der Waals surface area contributed by atoms with Gasteiger partial charge in [0.1, 0.15) is 5.76 Å². The van der Waals surface area contributed by atoms with Crippen molar-refractivity contribution >= 4 is 28.8 Å². The van der Waals surface area contributed by atoms with Gasteiger partial charge in [-0.05, 0) is 37.4 Å². The minimum absolute atomic E-state index is 0.0283. The molecule has 2 heterocycles. The van der Waals surface area contributed by atoms with Crippen LogP contribution in [0.4, 0.5) is 0 Å². The van der Waals surface area contributed by atoms with Gasteiger partial charge in [-0.2, -0.15) is 0 Å². The third kappa shape index (κ3) is 2.94. The first-order valence-corrected chi connectivity index (χ1v) is 6.97. The lowest BCUT2D eigenvalue weighted by molar-refractivity contribution is 0.0910. The first-order chi connectivity index (χ1) is 8.58. The van der Waals surface area contributed by atoms with Crippen LogP contribution < -0.4 is 5.32 Å². The highest BCUT2D eigenvalue weighted by atomic mass is 35.5. The second kappa shape index (κ2) is 5.59. The standard InChI is InChI=1S/C13H14ClNO2S/c1-8(14)10-5-6-11(17-10)13(16)15-9(2)12-4-3-7-18-12/h3-9H,1-2H3,(H,15,16). The second-order valence-corrected chi connectivity index (χ2v) is 5.66. The summed E-state index contributed by atoms with van der Waals surface area (Å²) in [6.45, 7) is 3.74. The van der Waals surface area contributed by atoms with Gasteiger partial charge in [-0.3, -0.25) is 4.79 Å². The molecule has 5 heteroatoms. The zero-order valence-corrected chi connectivity index (χ0v) is 11.7. The summed E-state index contributed by atoms with van der Waals surface area (Å²) in [6, 6.07) is 7.29. The molecular weight excluding hydrogens is 270 g/mol. The molecule has 0 radical (unpaired) electrons. The predicted molar refractivity (Wildman–Crippen MR) is 73.2 cm³/mol. The van der Waals surface area contributed by atoms with Gasteiger partial charge in [0.2, 0.25) is 0 Å². The average Bonchev–Trinajstić information content (AvgIpc) is 3.00. The van der Waals surface area contributed by atoms with E-state index in [2.05, 4.69) is 5.32 Å². The van der Waals surface area contributed by atoms with E-state index < -0.39 is 0 Å². The Morgan fingerprint density at radius 1 is 1.39 bits per heavy atom. The van der Waals surface area contributed by atoms with E-state index in [0.717, 1.165) is 4.88 Å². The monoisotopic (exact) mass is 283 g/mol. The molecule has 0 spiro atoms. The highest BCUT2D eigenvalue weighted by Crippen LogP contribution is 2.23. The molecule has 3 nitrogen and oxygen atoms in total. The van der Waals surface area contributed by atoms with Crippen LogP contribution in [0.25, 0.3) is 0 Å². The van der Waals surface area contributed by atoms with Crippen LogP contribution >= 0.6 is 22.9 Å². The maximum absolute atomic E-state index is 11.9. The lowest BCUT2D eigenvalue weighted by Gasteiger charge is -2.10. The van der Waals surface area contributed by atoms with Gasteiger partial charge >= 0.3 is 0 Å². The van der Waals surface area contributed by atoms with Crippen molar-refractivity contribution in [3.63, 3.8) is 0 Å². The van der Waals surface area contributed by atoms with E-state index in [4.69, 9.17) is 16.0 Å². The molecule has 0 aliphatic carbocycles. The molecule has 2 atom stereocenters. The molecule has 0 aromatic carbocycles. The van der Waals surface area contributed by atoms with E-state index in [1.165, 1.54) is 0 Å². The molecule has 96 valence electrons. The van der Waals surface area contributed by atoms with Crippen LogP contribution in [0.15, 0.2) is 34.1 Å². The Bertz CT molecular complexity index is 519. The van der Waals surface area contributed by atoms with Crippen LogP contribution in [-0.4, -0.2) is 5.91 Å². The maximum Gasteiger partial charge on any atom is 0.287 e. The van der Waals surface area contributed by atoms with Crippen molar-refractivity contribution < 1.29 is 9.21 Å². The predicted octanol–water partition coefficient (Wildman–Crippen LogP) is 4.13. The van der Waals surface area contributed by atoms with Gasteiger partial charge in [-0.1, -0.05) is 6.07 Å². The van der Waals surface area contributed by atoms with Gasteiger partial charge in [0, 0.05) is 4.88 Å². The summed E-state index contributed by atoms with van der Waals surface area (Å²) in [5.41, 5.74) is 0. The quantitative estimate of drug-likeness (QED) is 0.857. The lowest BCUT2D eigenvalue weighted by Crippen LogP contribution is -2.25. The van der Waals surface area contributed by atoms with Gasteiger partial charge in [-0.15, -0.1) is 22.9 Å². The van der Waals surface area contributed by atoms with E-state index >= 15 is 0 Å². The number of thiophene rings is 1. The number of carbonyl (C=O) groups excluding carboxylic acids is 1. The van der Waals surface area contributed by atoms with E-state index in [1.807, 2.05) is 24.4 Å². The van der Waals surface area contributed by atoms with Crippen LogP contribution in [0.1, 0.15) is 46.5 Å². The fraction of sp³-hybridized carbons (Fsp3) is 0.308. The van der Waals surface area contributed by atoms with Crippen LogP contribution in [0.5, 0.6) is 0 Å². The van der Waals surface area contributed by atoms with Gasteiger partial charge in [0.25, 0.3) is 5.91 Å². The van der Waals surface area contributed by atoms with E-state index in [0.29, 0.717) is 11.5 Å². The van der Waals surface area contributed by atoms with Crippen LogP contribution in [0.3, 0.4) is 0 Å². The van der Waals surface area contributed by atoms with Crippen molar-refractivity contribution in [1.82, 2.24) is 5.32 Å². The van der Waals surface area contributed by atoms with E-state index in [9.17, 15) is 4.79 Å². The number of carbonyl (C=O) groups is 1. The Morgan fingerprint density at radius 3 is 2.72 bits per heavy atom. The molecular formula is C13H14ClNO2S. The number of furan rings is 1.